The molecule has 2 saturated heterocycles. The standard InChI is InChI=1S/C24H30FN3O/c1-19(29)26-24(21-8-10-22(25)11-9-21)12-16-27(17-13-24)18-20-6-2-3-7-23(20)28-14-4-5-15-28/h2-3,6-11H,4-5,12-18H2,1H3,(H,26,29). The second kappa shape index (κ2) is 8.54. The molecule has 0 spiro atoms. The third-order valence-corrected chi connectivity index (χ3v) is 6.35. The van der Waals surface area contributed by atoms with Gasteiger partial charge in [0.15, 0.2) is 0 Å². The van der Waals surface area contributed by atoms with E-state index in [1.807, 2.05) is 12.1 Å². The fourth-order valence-electron chi connectivity index (χ4n) is 4.84. The minimum atomic E-state index is -0.412. The summed E-state index contributed by atoms with van der Waals surface area (Å²) in [5.74, 6) is -0.287. The summed E-state index contributed by atoms with van der Waals surface area (Å²) in [7, 11) is 0. The van der Waals surface area contributed by atoms with Crippen molar-refractivity contribution in [3.05, 3.63) is 65.5 Å². The number of hydrogen-bond acceptors (Lipinski definition) is 3. The summed E-state index contributed by atoms with van der Waals surface area (Å²) in [4.78, 5) is 16.9. The van der Waals surface area contributed by atoms with Crippen LogP contribution in [0.15, 0.2) is 48.5 Å². The van der Waals surface area contributed by atoms with Crippen molar-refractivity contribution in [2.75, 3.05) is 31.1 Å². The van der Waals surface area contributed by atoms with Crippen molar-refractivity contribution < 1.29 is 9.18 Å². The normalized spacial score (nSPS) is 19.3. The van der Waals surface area contributed by atoms with E-state index in [0.29, 0.717) is 0 Å². The molecule has 5 heteroatoms. The van der Waals surface area contributed by atoms with Crippen LogP contribution in [0.25, 0.3) is 0 Å². The highest BCUT2D eigenvalue weighted by Crippen LogP contribution is 2.34. The molecule has 0 saturated carbocycles. The fraction of sp³-hybridized carbons (Fsp3) is 0.458. The molecule has 154 valence electrons. The fourth-order valence-corrected chi connectivity index (χ4v) is 4.84. The highest BCUT2D eigenvalue weighted by atomic mass is 19.1. The van der Waals surface area contributed by atoms with E-state index < -0.39 is 5.54 Å². The first-order chi connectivity index (χ1) is 14.1. The van der Waals surface area contributed by atoms with E-state index >= 15 is 0 Å². The number of para-hydroxylation sites is 1. The molecule has 29 heavy (non-hydrogen) atoms. The van der Waals surface area contributed by atoms with Crippen LogP contribution in [-0.4, -0.2) is 37.0 Å². The van der Waals surface area contributed by atoms with Gasteiger partial charge in [-0.05, 0) is 55.0 Å². The van der Waals surface area contributed by atoms with Crippen LogP contribution in [0.1, 0.15) is 43.7 Å². The van der Waals surface area contributed by atoms with Gasteiger partial charge in [-0.1, -0.05) is 30.3 Å². The molecular formula is C24H30FN3O. The number of carbonyl (C=O) groups excluding carboxylic acids is 1. The van der Waals surface area contributed by atoms with Gasteiger partial charge in [0, 0.05) is 45.3 Å². The van der Waals surface area contributed by atoms with Crippen LogP contribution in [0, 0.1) is 5.82 Å². The van der Waals surface area contributed by atoms with E-state index in [9.17, 15) is 9.18 Å². The molecule has 0 aromatic heterocycles. The Bertz CT molecular complexity index is 837. The molecular weight excluding hydrogens is 365 g/mol. The van der Waals surface area contributed by atoms with E-state index in [1.54, 1.807) is 6.92 Å². The number of piperidine rings is 1. The van der Waals surface area contributed by atoms with Gasteiger partial charge in [-0.3, -0.25) is 9.69 Å². The lowest BCUT2D eigenvalue weighted by Crippen LogP contribution is -2.52. The second-order valence-electron chi connectivity index (χ2n) is 8.37. The predicted molar refractivity (Wildman–Crippen MR) is 114 cm³/mol. The largest absolute Gasteiger partial charge is 0.371 e. The SMILES string of the molecule is CC(=O)NC1(c2ccc(F)cc2)CCN(Cc2ccccc2N2CCCC2)CC1. The quantitative estimate of drug-likeness (QED) is 0.830. The molecule has 0 unspecified atom stereocenters. The topological polar surface area (TPSA) is 35.6 Å². The Kier molecular flexibility index (Phi) is 5.86. The van der Waals surface area contributed by atoms with E-state index in [4.69, 9.17) is 0 Å². The van der Waals surface area contributed by atoms with Gasteiger partial charge >= 0.3 is 0 Å². The van der Waals surface area contributed by atoms with Crippen LogP contribution in [0.4, 0.5) is 10.1 Å². The molecule has 2 aliphatic heterocycles. The molecule has 1 N–H and O–H groups in total. The first-order valence-electron chi connectivity index (χ1n) is 10.7. The molecule has 0 aliphatic carbocycles. The van der Waals surface area contributed by atoms with E-state index in [1.165, 1.54) is 36.2 Å². The maximum Gasteiger partial charge on any atom is 0.217 e. The second-order valence-corrected chi connectivity index (χ2v) is 8.37. The van der Waals surface area contributed by atoms with Gasteiger partial charge in [-0.15, -0.1) is 0 Å². The number of amides is 1. The maximum atomic E-state index is 13.4. The van der Waals surface area contributed by atoms with Gasteiger partial charge in [-0.25, -0.2) is 4.39 Å². The van der Waals surface area contributed by atoms with Gasteiger partial charge in [0.25, 0.3) is 0 Å². The van der Waals surface area contributed by atoms with Crippen molar-refractivity contribution in [3.8, 4) is 0 Å². The summed E-state index contributed by atoms with van der Waals surface area (Å²) in [5, 5.41) is 3.18. The van der Waals surface area contributed by atoms with Gasteiger partial charge in [0.2, 0.25) is 5.91 Å². The number of rotatable bonds is 5. The van der Waals surface area contributed by atoms with Gasteiger partial charge < -0.3 is 10.2 Å². The Balaban J connectivity index is 1.48. The molecule has 2 heterocycles. The first-order valence-corrected chi connectivity index (χ1v) is 10.7. The average molecular weight is 396 g/mol. The molecule has 2 aromatic carbocycles. The third kappa shape index (κ3) is 4.45. The first kappa shape index (κ1) is 19.9. The lowest BCUT2D eigenvalue weighted by Gasteiger charge is -2.43. The third-order valence-electron chi connectivity index (χ3n) is 6.35. The van der Waals surface area contributed by atoms with Crippen LogP contribution >= 0.6 is 0 Å². The van der Waals surface area contributed by atoms with Gasteiger partial charge in [-0.2, -0.15) is 0 Å². The number of nitrogens with zero attached hydrogens (tertiary/aromatic N) is 2. The predicted octanol–water partition coefficient (Wildman–Crippen LogP) is 4.05. The van der Waals surface area contributed by atoms with Gasteiger partial charge in [0.1, 0.15) is 5.82 Å². The number of anilines is 1. The molecule has 1 amide bonds. The Labute approximate surface area is 172 Å². The Morgan fingerprint density at radius 1 is 1.00 bits per heavy atom. The van der Waals surface area contributed by atoms with Gasteiger partial charge in [0.05, 0.1) is 5.54 Å². The van der Waals surface area contributed by atoms with E-state index in [2.05, 4.69) is 39.4 Å². The summed E-state index contributed by atoms with van der Waals surface area (Å²) in [6.45, 7) is 6.56. The van der Waals surface area contributed by atoms with Crippen LogP contribution < -0.4 is 10.2 Å². The van der Waals surface area contributed by atoms with Crippen molar-refractivity contribution in [3.63, 3.8) is 0 Å². The molecule has 2 fully saturated rings. The lowest BCUT2D eigenvalue weighted by atomic mass is 9.80. The van der Waals surface area contributed by atoms with Crippen molar-refractivity contribution in [2.45, 2.75) is 44.7 Å². The molecule has 4 rings (SSSR count). The zero-order chi connectivity index (χ0) is 20.3. The van der Waals surface area contributed by atoms with Crippen LogP contribution in [0.2, 0.25) is 0 Å². The van der Waals surface area contributed by atoms with E-state index in [-0.39, 0.29) is 11.7 Å². The summed E-state index contributed by atoms with van der Waals surface area (Å²) in [6.07, 6.45) is 4.19. The zero-order valence-corrected chi connectivity index (χ0v) is 17.2. The highest BCUT2D eigenvalue weighted by molar-refractivity contribution is 5.74. The number of nitrogens with one attached hydrogen (secondary N) is 1. The smallest absolute Gasteiger partial charge is 0.217 e. The molecule has 2 aromatic rings. The van der Waals surface area contributed by atoms with Crippen LogP contribution in [0.5, 0.6) is 0 Å². The summed E-state index contributed by atoms with van der Waals surface area (Å²) in [5.41, 5.74) is 3.32. The van der Waals surface area contributed by atoms with Crippen LogP contribution in [0.3, 0.4) is 0 Å². The maximum absolute atomic E-state index is 13.4. The van der Waals surface area contributed by atoms with Crippen molar-refractivity contribution in [2.24, 2.45) is 0 Å². The van der Waals surface area contributed by atoms with Crippen molar-refractivity contribution in [1.29, 1.82) is 0 Å². The highest BCUT2D eigenvalue weighted by Gasteiger charge is 2.37. The summed E-state index contributed by atoms with van der Waals surface area (Å²) < 4.78 is 13.4. The average Bonchev–Trinajstić information content (AvgIpc) is 3.25. The van der Waals surface area contributed by atoms with Crippen molar-refractivity contribution >= 4 is 11.6 Å². The van der Waals surface area contributed by atoms with Crippen molar-refractivity contribution in [1.82, 2.24) is 10.2 Å². The lowest BCUT2D eigenvalue weighted by molar-refractivity contribution is -0.121. The monoisotopic (exact) mass is 395 g/mol. The van der Waals surface area contributed by atoms with E-state index in [0.717, 1.165) is 51.1 Å². The summed E-state index contributed by atoms with van der Waals surface area (Å²) in [6, 6.07) is 15.3. The minimum absolute atomic E-state index is 0.0397. The molecule has 0 atom stereocenters. The number of halogens is 1. The molecule has 2 aliphatic rings. The number of likely N-dealkylation sites (tertiary alicyclic amines) is 1. The molecule has 0 radical (unpaired) electrons. The Morgan fingerprint density at radius 3 is 2.31 bits per heavy atom. The number of hydrogen-bond donors (Lipinski definition) is 1. The number of benzene rings is 2. The summed E-state index contributed by atoms with van der Waals surface area (Å²) >= 11 is 0. The Morgan fingerprint density at radius 2 is 1.66 bits per heavy atom. The minimum Gasteiger partial charge on any atom is -0.371 e. The zero-order valence-electron chi connectivity index (χ0n) is 17.2. The number of carbonyl (C=O) groups is 1. The molecule has 0 bridgehead atoms. The van der Waals surface area contributed by atoms with Crippen LogP contribution in [-0.2, 0) is 16.9 Å². The molecule has 4 nitrogen and oxygen atoms in total. The Hall–Kier alpha value is -2.40.